The first kappa shape index (κ1) is 11.8. The van der Waals surface area contributed by atoms with Gasteiger partial charge in [0.15, 0.2) is 5.78 Å². The molecule has 17 heavy (non-hydrogen) atoms. The molecule has 1 atom stereocenters. The summed E-state index contributed by atoms with van der Waals surface area (Å²) in [6.45, 7) is 4.10. The Hall–Kier alpha value is -1.70. The van der Waals surface area contributed by atoms with E-state index in [0.717, 1.165) is 29.3 Å². The van der Waals surface area contributed by atoms with Crippen molar-refractivity contribution in [3.05, 3.63) is 42.1 Å². The number of Topliss-reactive ketones (excluding diaryl/α,β-unsaturated/α-hetero) is 1. The van der Waals surface area contributed by atoms with Crippen molar-refractivity contribution < 1.29 is 4.79 Å². The SMILES string of the molecule is CCCC(C)C(=O)c1ccc2ncccc2c1. The summed E-state index contributed by atoms with van der Waals surface area (Å²) in [6, 6.07) is 9.62. The van der Waals surface area contributed by atoms with Gasteiger partial charge in [0.1, 0.15) is 0 Å². The zero-order chi connectivity index (χ0) is 12.3. The monoisotopic (exact) mass is 227 g/mol. The largest absolute Gasteiger partial charge is 0.294 e. The molecule has 88 valence electrons. The van der Waals surface area contributed by atoms with Crippen LogP contribution < -0.4 is 0 Å². The van der Waals surface area contributed by atoms with E-state index in [-0.39, 0.29) is 11.7 Å². The molecule has 0 saturated heterocycles. The quantitative estimate of drug-likeness (QED) is 0.742. The first-order valence-electron chi connectivity index (χ1n) is 6.11. The lowest BCUT2D eigenvalue weighted by molar-refractivity contribution is 0.0923. The number of fused-ring (bicyclic) bond motifs is 1. The molecular weight excluding hydrogens is 210 g/mol. The molecular formula is C15H17NO. The third kappa shape index (κ3) is 2.52. The molecule has 0 fully saturated rings. The van der Waals surface area contributed by atoms with Crippen LogP contribution in [0.15, 0.2) is 36.5 Å². The molecule has 0 saturated carbocycles. The van der Waals surface area contributed by atoms with Crippen LogP contribution >= 0.6 is 0 Å². The van der Waals surface area contributed by atoms with Crippen molar-refractivity contribution in [1.82, 2.24) is 4.98 Å². The van der Waals surface area contributed by atoms with Crippen LogP contribution in [0.3, 0.4) is 0 Å². The summed E-state index contributed by atoms with van der Waals surface area (Å²) in [5.41, 5.74) is 1.73. The molecule has 0 amide bonds. The van der Waals surface area contributed by atoms with Crippen LogP contribution in [0.5, 0.6) is 0 Å². The first-order valence-corrected chi connectivity index (χ1v) is 6.11. The van der Waals surface area contributed by atoms with E-state index in [2.05, 4.69) is 11.9 Å². The molecule has 0 radical (unpaired) electrons. The van der Waals surface area contributed by atoms with Crippen molar-refractivity contribution in [1.29, 1.82) is 0 Å². The molecule has 0 aliphatic heterocycles. The van der Waals surface area contributed by atoms with Crippen LogP contribution in [0.25, 0.3) is 10.9 Å². The highest BCUT2D eigenvalue weighted by atomic mass is 16.1. The normalized spacial score (nSPS) is 12.6. The van der Waals surface area contributed by atoms with Gasteiger partial charge < -0.3 is 0 Å². The number of hydrogen-bond donors (Lipinski definition) is 0. The van der Waals surface area contributed by atoms with Gasteiger partial charge in [-0.3, -0.25) is 9.78 Å². The summed E-state index contributed by atoms with van der Waals surface area (Å²) in [5, 5.41) is 1.03. The Labute approximate surface area is 102 Å². The van der Waals surface area contributed by atoms with E-state index < -0.39 is 0 Å². The minimum atomic E-state index is 0.106. The maximum absolute atomic E-state index is 12.2. The van der Waals surface area contributed by atoms with Gasteiger partial charge in [-0.05, 0) is 30.7 Å². The summed E-state index contributed by atoms with van der Waals surface area (Å²) < 4.78 is 0. The Bertz CT molecular complexity index is 533. The number of carbonyl (C=O) groups is 1. The summed E-state index contributed by atoms with van der Waals surface area (Å²) in [7, 11) is 0. The fourth-order valence-corrected chi connectivity index (χ4v) is 2.08. The molecule has 2 aromatic rings. The maximum Gasteiger partial charge on any atom is 0.165 e. The third-order valence-electron chi connectivity index (χ3n) is 3.06. The number of pyridine rings is 1. The van der Waals surface area contributed by atoms with Crippen LogP contribution in [0.4, 0.5) is 0 Å². The van der Waals surface area contributed by atoms with Crippen molar-refractivity contribution >= 4 is 16.7 Å². The predicted octanol–water partition coefficient (Wildman–Crippen LogP) is 3.85. The molecule has 0 aliphatic carbocycles. The number of rotatable bonds is 4. The lowest BCUT2D eigenvalue weighted by Crippen LogP contribution is -2.10. The lowest BCUT2D eigenvalue weighted by atomic mass is 9.94. The average molecular weight is 227 g/mol. The van der Waals surface area contributed by atoms with E-state index >= 15 is 0 Å². The second-order valence-electron chi connectivity index (χ2n) is 4.46. The van der Waals surface area contributed by atoms with Gasteiger partial charge in [0.05, 0.1) is 5.52 Å². The van der Waals surface area contributed by atoms with E-state index in [1.807, 2.05) is 37.3 Å². The number of ketones is 1. The lowest BCUT2D eigenvalue weighted by Gasteiger charge is -2.09. The summed E-state index contributed by atoms with van der Waals surface area (Å²) in [5.74, 6) is 0.340. The molecule has 1 aromatic carbocycles. The van der Waals surface area contributed by atoms with Gasteiger partial charge in [-0.25, -0.2) is 0 Å². The van der Waals surface area contributed by atoms with Crippen molar-refractivity contribution in [2.24, 2.45) is 5.92 Å². The topological polar surface area (TPSA) is 30.0 Å². The number of benzene rings is 1. The number of carbonyl (C=O) groups excluding carboxylic acids is 1. The Morgan fingerprint density at radius 1 is 1.35 bits per heavy atom. The van der Waals surface area contributed by atoms with Gasteiger partial charge in [-0.15, -0.1) is 0 Å². The molecule has 0 bridgehead atoms. The fraction of sp³-hybridized carbons (Fsp3) is 0.333. The van der Waals surface area contributed by atoms with Crippen molar-refractivity contribution in [3.8, 4) is 0 Å². The highest BCUT2D eigenvalue weighted by Crippen LogP contribution is 2.18. The molecule has 2 heteroatoms. The van der Waals surface area contributed by atoms with Crippen molar-refractivity contribution in [2.45, 2.75) is 26.7 Å². The molecule has 0 aliphatic rings. The number of nitrogens with zero attached hydrogens (tertiary/aromatic N) is 1. The average Bonchev–Trinajstić information content (AvgIpc) is 2.37. The van der Waals surface area contributed by atoms with Gasteiger partial charge in [0.25, 0.3) is 0 Å². The molecule has 1 unspecified atom stereocenters. The minimum Gasteiger partial charge on any atom is -0.294 e. The van der Waals surface area contributed by atoms with E-state index in [1.165, 1.54) is 0 Å². The zero-order valence-electron chi connectivity index (χ0n) is 10.3. The number of aromatic nitrogens is 1. The van der Waals surface area contributed by atoms with Crippen LogP contribution in [-0.4, -0.2) is 10.8 Å². The molecule has 1 heterocycles. The Morgan fingerprint density at radius 3 is 2.94 bits per heavy atom. The zero-order valence-corrected chi connectivity index (χ0v) is 10.3. The Morgan fingerprint density at radius 2 is 2.18 bits per heavy atom. The Balaban J connectivity index is 2.33. The van der Waals surface area contributed by atoms with E-state index in [0.29, 0.717) is 0 Å². The van der Waals surface area contributed by atoms with Crippen LogP contribution in [0.2, 0.25) is 0 Å². The summed E-state index contributed by atoms with van der Waals surface area (Å²) in [6.07, 6.45) is 3.76. The molecule has 2 nitrogen and oxygen atoms in total. The first-order chi connectivity index (χ1) is 8.22. The molecule has 0 spiro atoms. The molecule has 1 aromatic heterocycles. The van der Waals surface area contributed by atoms with Gasteiger partial charge in [-0.2, -0.15) is 0 Å². The smallest absolute Gasteiger partial charge is 0.165 e. The van der Waals surface area contributed by atoms with Crippen LogP contribution in [0.1, 0.15) is 37.0 Å². The van der Waals surface area contributed by atoms with Gasteiger partial charge in [0.2, 0.25) is 0 Å². The fourth-order valence-electron chi connectivity index (χ4n) is 2.08. The third-order valence-corrected chi connectivity index (χ3v) is 3.06. The number of hydrogen-bond acceptors (Lipinski definition) is 2. The second kappa shape index (κ2) is 5.09. The minimum absolute atomic E-state index is 0.106. The second-order valence-corrected chi connectivity index (χ2v) is 4.46. The van der Waals surface area contributed by atoms with Gasteiger partial charge in [0, 0.05) is 23.1 Å². The van der Waals surface area contributed by atoms with Crippen LogP contribution in [0, 0.1) is 5.92 Å². The summed E-state index contributed by atoms with van der Waals surface area (Å²) in [4.78, 5) is 16.4. The van der Waals surface area contributed by atoms with Crippen LogP contribution in [-0.2, 0) is 0 Å². The van der Waals surface area contributed by atoms with Gasteiger partial charge >= 0.3 is 0 Å². The maximum atomic E-state index is 12.2. The summed E-state index contributed by atoms with van der Waals surface area (Å²) >= 11 is 0. The van der Waals surface area contributed by atoms with E-state index in [4.69, 9.17) is 0 Å². The van der Waals surface area contributed by atoms with Crippen molar-refractivity contribution in [3.63, 3.8) is 0 Å². The van der Waals surface area contributed by atoms with Gasteiger partial charge in [-0.1, -0.05) is 26.3 Å². The van der Waals surface area contributed by atoms with E-state index in [9.17, 15) is 4.79 Å². The predicted molar refractivity (Wildman–Crippen MR) is 70.1 cm³/mol. The highest BCUT2D eigenvalue weighted by molar-refractivity contribution is 6.00. The van der Waals surface area contributed by atoms with Crippen molar-refractivity contribution in [2.75, 3.05) is 0 Å². The Kier molecular flexibility index (Phi) is 3.52. The molecule has 0 N–H and O–H groups in total. The highest BCUT2D eigenvalue weighted by Gasteiger charge is 2.14. The standard InChI is InChI=1S/C15H17NO/c1-3-5-11(2)15(17)13-7-8-14-12(10-13)6-4-9-16-14/h4,6-11H,3,5H2,1-2H3. The van der Waals surface area contributed by atoms with E-state index in [1.54, 1.807) is 6.20 Å². The molecule has 2 rings (SSSR count).